The molecule has 0 unspecified atom stereocenters. The molecule has 236 valence electrons. The lowest BCUT2D eigenvalue weighted by molar-refractivity contribution is -0.119. The van der Waals surface area contributed by atoms with Gasteiger partial charge >= 0.3 is 0 Å². The van der Waals surface area contributed by atoms with Crippen molar-refractivity contribution in [2.75, 3.05) is 18.1 Å². The molecule has 0 radical (unpaired) electrons. The van der Waals surface area contributed by atoms with Gasteiger partial charge in [-0.15, -0.1) is 0 Å². The van der Waals surface area contributed by atoms with Crippen LogP contribution in [0.4, 0.5) is 5.82 Å². The predicted molar refractivity (Wildman–Crippen MR) is 172 cm³/mol. The van der Waals surface area contributed by atoms with Crippen molar-refractivity contribution in [3.05, 3.63) is 78.1 Å². The number of carbonyl (C=O) groups is 1. The van der Waals surface area contributed by atoms with Gasteiger partial charge in [0.2, 0.25) is 11.8 Å². The highest BCUT2D eigenvalue weighted by atomic mass is 16.6. The van der Waals surface area contributed by atoms with Crippen molar-refractivity contribution < 1.29 is 14.3 Å². The molecule has 4 aromatic rings. The zero-order chi connectivity index (χ0) is 31.4. The maximum absolute atomic E-state index is 13.8. The number of aryl methyl sites for hydroxylation is 2. The van der Waals surface area contributed by atoms with E-state index < -0.39 is 0 Å². The Morgan fingerprint density at radius 2 is 1.76 bits per heavy atom. The fourth-order valence-electron chi connectivity index (χ4n) is 6.07. The molecular formula is C35H43N7O3. The second kappa shape index (κ2) is 13.4. The van der Waals surface area contributed by atoms with Crippen LogP contribution < -0.4 is 9.64 Å². The number of hydrogen-bond acceptors (Lipinski definition) is 8. The molecule has 10 heteroatoms. The monoisotopic (exact) mass is 609 g/mol. The van der Waals surface area contributed by atoms with E-state index in [9.17, 15) is 4.79 Å². The Kier molecular flexibility index (Phi) is 9.21. The smallest absolute Gasteiger partial charge is 0.228 e. The average molecular weight is 610 g/mol. The number of nitrogens with zero attached hydrogens (tertiary/aromatic N) is 7. The number of carbonyl (C=O) groups excluding carboxylic acids is 1. The molecule has 1 aliphatic carbocycles. The number of rotatable bonds is 10. The Balaban J connectivity index is 1.15. The lowest BCUT2D eigenvalue weighted by Crippen LogP contribution is -2.43. The normalized spacial score (nSPS) is 18.8. The van der Waals surface area contributed by atoms with Crippen LogP contribution in [0.25, 0.3) is 11.4 Å². The third-order valence-corrected chi connectivity index (χ3v) is 8.75. The molecule has 0 atom stereocenters. The predicted octanol–water partition coefficient (Wildman–Crippen LogP) is 5.51. The van der Waals surface area contributed by atoms with E-state index in [0.29, 0.717) is 49.4 Å². The second-order valence-corrected chi connectivity index (χ2v) is 13.3. The molecule has 0 N–H and O–H groups in total. The molecule has 1 saturated heterocycles. The molecule has 10 nitrogen and oxygen atoms in total. The highest BCUT2D eigenvalue weighted by molar-refractivity contribution is 5.93. The first kappa shape index (κ1) is 30.8. The highest BCUT2D eigenvalue weighted by Gasteiger charge is 2.32. The van der Waals surface area contributed by atoms with Gasteiger partial charge in [0.1, 0.15) is 23.3 Å². The summed E-state index contributed by atoms with van der Waals surface area (Å²) in [6.45, 7) is 7.66. The van der Waals surface area contributed by atoms with Gasteiger partial charge in [-0.05, 0) is 55.1 Å². The number of benzene rings is 1. The number of amides is 1. The van der Waals surface area contributed by atoms with Crippen molar-refractivity contribution in [3.8, 4) is 17.3 Å². The summed E-state index contributed by atoms with van der Waals surface area (Å²) in [5.74, 6) is 2.59. The summed E-state index contributed by atoms with van der Waals surface area (Å²) >= 11 is 0. The lowest BCUT2D eigenvalue weighted by atomic mass is 9.83. The van der Waals surface area contributed by atoms with Crippen molar-refractivity contribution in [2.45, 2.75) is 83.3 Å². The van der Waals surface area contributed by atoms with Gasteiger partial charge in [-0.1, -0.05) is 51.1 Å². The standard InChI is InChI=1S/C35H43N7O3/c1-35(2,3)28-19-37-31(39-34(28)45-27-22-44-23-27)18-25-10-13-26(14-11-25)42(33(43)15-12-24-8-6-5-7-9-24)32-21-36-30(20-38-32)29-16-17-41(4)40-29/h5-9,16-17,19-21,25-27H,10-15,18,22-23H2,1-4H3. The topological polar surface area (TPSA) is 108 Å². The molecule has 1 saturated carbocycles. The van der Waals surface area contributed by atoms with E-state index in [4.69, 9.17) is 24.4 Å². The fourth-order valence-corrected chi connectivity index (χ4v) is 6.07. The average Bonchev–Trinajstić information content (AvgIpc) is 3.45. The molecular weight excluding hydrogens is 566 g/mol. The Bertz CT molecular complexity index is 1570. The number of anilines is 1. The largest absolute Gasteiger partial charge is 0.469 e. The van der Waals surface area contributed by atoms with Gasteiger partial charge in [-0.3, -0.25) is 14.4 Å². The third kappa shape index (κ3) is 7.56. The van der Waals surface area contributed by atoms with Gasteiger partial charge in [0.05, 0.1) is 25.6 Å². The number of ether oxygens (including phenoxy) is 2. The first-order valence-corrected chi connectivity index (χ1v) is 16.0. The summed E-state index contributed by atoms with van der Waals surface area (Å²) in [4.78, 5) is 34.7. The Labute approximate surface area is 265 Å². The molecule has 4 heterocycles. The fraction of sp³-hybridized carbons (Fsp3) is 0.486. The van der Waals surface area contributed by atoms with Crippen LogP contribution in [0.2, 0.25) is 0 Å². The van der Waals surface area contributed by atoms with Gasteiger partial charge < -0.3 is 9.47 Å². The summed E-state index contributed by atoms with van der Waals surface area (Å²) < 4.78 is 13.3. The lowest BCUT2D eigenvalue weighted by Gasteiger charge is -2.36. The van der Waals surface area contributed by atoms with Crippen LogP contribution in [-0.2, 0) is 34.8 Å². The van der Waals surface area contributed by atoms with Crippen molar-refractivity contribution in [2.24, 2.45) is 13.0 Å². The first-order valence-electron chi connectivity index (χ1n) is 16.0. The molecule has 2 aliphatic rings. The Morgan fingerprint density at radius 3 is 2.38 bits per heavy atom. The van der Waals surface area contributed by atoms with Crippen LogP contribution in [0.3, 0.4) is 0 Å². The Morgan fingerprint density at radius 1 is 0.978 bits per heavy atom. The maximum Gasteiger partial charge on any atom is 0.228 e. The summed E-state index contributed by atoms with van der Waals surface area (Å²) in [7, 11) is 1.87. The molecule has 0 spiro atoms. The van der Waals surface area contributed by atoms with Crippen molar-refractivity contribution in [1.82, 2.24) is 29.7 Å². The highest BCUT2D eigenvalue weighted by Crippen LogP contribution is 2.34. The van der Waals surface area contributed by atoms with Crippen LogP contribution in [-0.4, -0.2) is 61.0 Å². The van der Waals surface area contributed by atoms with E-state index in [1.807, 2.05) is 48.6 Å². The maximum atomic E-state index is 13.8. The van der Waals surface area contributed by atoms with E-state index in [1.165, 1.54) is 0 Å². The van der Waals surface area contributed by atoms with Gasteiger partial charge in [0.15, 0.2) is 5.82 Å². The SMILES string of the molecule is Cn1ccc(-c2cnc(N(C(=O)CCc3ccccc3)C3CCC(Cc4ncc(C(C)(C)C)c(OC5COC5)n4)CC3)cn2)n1. The third-order valence-electron chi connectivity index (χ3n) is 8.75. The number of hydrogen-bond donors (Lipinski definition) is 0. The minimum absolute atomic E-state index is 0.0517. The summed E-state index contributed by atoms with van der Waals surface area (Å²) in [5, 5.41) is 4.44. The first-order chi connectivity index (χ1) is 21.7. The van der Waals surface area contributed by atoms with Crippen molar-refractivity contribution in [1.29, 1.82) is 0 Å². The van der Waals surface area contributed by atoms with E-state index in [2.05, 4.69) is 43.0 Å². The molecule has 1 aliphatic heterocycles. The van der Waals surface area contributed by atoms with Crippen LogP contribution >= 0.6 is 0 Å². The quantitative estimate of drug-likeness (QED) is 0.232. The zero-order valence-corrected chi connectivity index (χ0v) is 26.7. The summed E-state index contributed by atoms with van der Waals surface area (Å²) in [6, 6.07) is 12.1. The van der Waals surface area contributed by atoms with Gasteiger partial charge in [0.25, 0.3) is 0 Å². The van der Waals surface area contributed by atoms with Crippen LogP contribution in [0, 0.1) is 5.92 Å². The minimum atomic E-state index is -0.119. The van der Waals surface area contributed by atoms with Crippen molar-refractivity contribution >= 4 is 11.7 Å². The van der Waals surface area contributed by atoms with Crippen molar-refractivity contribution in [3.63, 3.8) is 0 Å². The van der Waals surface area contributed by atoms with Gasteiger partial charge in [-0.2, -0.15) is 10.1 Å². The van der Waals surface area contributed by atoms with E-state index in [0.717, 1.165) is 54.7 Å². The van der Waals surface area contributed by atoms with Gasteiger partial charge in [0, 0.05) is 43.9 Å². The molecule has 1 amide bonds. The zero-order valence-electron chi connectivity index (χ0n) is 26.7. The van der Waals surface area contributed by atoms with Crippen LogP contribution in [0.15, 0.2) is 61.2 Å². The van der Waals surface area contributed by atoms with Crippen LogP contribution in [0.5, 0.6) is 5.88 Å². The summed E-state index contributed by atoms with van der Waals surface area (Å²) in [6.07, 6.45) is 12.9. The second-order valence-electron chi connectivity index (χ2n) is 13.3. The molecule has 45 heavy (non-hydrogen) atoms. The Hall–Kier alpha value is -4.18. The van der Waals surface area contributed by atoms with Crippen LogP contribution in [0.1, 0.15) is 69.8 Å². The minimum Gasteiger partial charge on any atom is -0.469 e. The number of aromatic nitrogens is 6. The van der Waals surface area contributed by atoms with E-state index in [-0.39, 0.29) is 23.5 Å². The molecule has 6 rings (SSSR count). The van der Waals surface area contributed by atoms with E-state index in [1.54, 1.807) is 17.1 Å². The molecule has 0 bridgehead atoms. The summed E-state index contributed by atoms with van der Waals surface area (Å²) in [5.41, 5.74) is 3.49. The molecule has 3 aromatic heterocycles. The van der Waals surface area contributed by atoms with E-state index >= 15 is 0 Å². The molecule has 1 aromatic carbocycles. The van der Waals surface area contributed by atoms with Gasteiger partial charge in [-0.25, -0.2) is 15.0 Å². The molecule has 2 fully saturated rings.